The van der Waals surface area contributed by atoms with Gasteiger partial charge in [0.1, 0.15) is 11.5 Å². The molecule has 2 aromatic rings. The van der Waals surface area contributed by atoms with Gasteiger partial charge in [-0.25, -0.2) is 0 Å². The van der Waals surface area contributed by atoms with E-state index in [4.69, 9.17) is 32.7 Å². The van der Waals surface area contributed by atoms with Crippen molar-refractivity contribution < 1.29 is 14.6 Å². The first-order valence-corrected chi connectivity index (χ1v) is 7.14. The van der Waals surface area contributed by atoms with E-state index in [1.165, 1.54) is 7.11 Å². The Balaban J connectivity index is 2.23. The van der Waals surface area contributed by atoms with Gasteiger partial charge in [-0.05, 0) is 23.8 Å². The zero-order valence-corrected chi connectivity index (χ0v) is 13.3. The van der Waals surface area contributed by atoms with Crippen LogP contribution in [0, 0.1) is 0 Å². The summed E-state index contributed by atoms with van der Waals surface area (Å²) < 4.78 is 10.3. The number of rotatable bonds is 5. The molecule has 5 heteroatoms. The first-order chi connectivity index (χ1) is 10.0. The Morgan fingerprint density at radius 3 is 2.48 bits per heavy atom. The maximum absolute atomic E-state index is 10.4. The predicted octanol–water partition coefficient (Wildman–Crippen LogP) is 4.29. The minimum Gasteiger partial charge on any atom is -0.497 e. The fourth-order valence-corrected chi connectivity index (χ4v) is 2.62. The second-order valence-corrected chi connectivity index (χ2v) is 5.39. The Hall–Kier alpha value is -1.42. The highest BCUT2D eigenvalue weighted by atomic mass is 35.5. The summed E-state index contributed by atoms with van der Waals surface area (Å²) in [5, 5.41) is 11.2. The second kappa shape index (κ2) is 7.03. The highest BCUT2D eigenvalue weighted by molar-refractivity contribution is 6.34. The number of halogens is 2. The van der Waals surface area contributed by atoms with E-state index >= 15 is 0 Å². The molecule has 0 amide bonds. The third-order valence-electron chi connectivity index (χ3n) is 3.19. The maximum atomic E-state index is 10.4. The summed E-state index contributed by atoms with van der Waals surface area (Å²) in [7, 11) is 3.12. The summed E-state index contributed by atoms with van der Waals surface area (Å²) in [4.78, 5) is 0. The quantitative estimate of drug-likeness (QED) is 0.890. The van der Waals surface area contributed by atoms with Crippen LogP contribution in [0.3, 0.4) is 0 Å². The number of methoxy groups -OCH3 is 2. The smallest absolute Gasteiger partial charge is 0.138 e. The minimum atomic E-state index is -0.756. The number of benzene rings is 2. The van der Waals surface area contributed by atoms with Crippen molar-refractivity contribution in [2.45, 2.75) is 12.5 Å². The van der Waals surface area contributed by atoms with Crippen LogP contribution in [0.15, 0.2) is 36.4 Å². The molecular formula is C16H16Cl2O3. The van der Waals surface area contributed by atoms with Crippen LogP contribution in [0.2, 0.25) is 10.0 Å². The fourth-order valence-electron chi connectivity index (χ4n) is 2.09. The van der Waals surface area contributed by atoms with Crippen molar-refractivity contribution in [1.29, 1.82) is 0 Å². The van der Waals surface area contributed by atoms with Gasteiger partial charge in [0, 0.05) is 18.1 Å². The summed E-state index contributed by atoms with van der Waals surface area (Å²) in [6.07, 6.45) is -0.340. The molecule has 0 aliphatic carbocycles. The molecular weight excluding hydrogens is 311 g/mol. The van der Waals surface area contributed by atoms with E-state index in [0.717, 1.165) is 11.3 Å². The summed E-state index contributed by atoms with van der Waals surface area (Å²) >= 11 is 12.3. The van der Waals surface area contributed by atoms with Crippen LogP contribution < -0.4 is 9.47 Å². The number of aliphatic hydroxyl groups is 1. The molecule has 0 spiro atoms. The molecule has 3 nitrogen and oxygen atoms in total. The molecule has 0 aromatic heterocycles. The van der Waals surface area contributed by atoms with Gasteiger partial charge in [-0.2, -0.15) is 0 Å². The lowest BCUT2D eigenvalue weighted by molar-refractivity contribution is 0.178. The average molecular weight is 327 g/mol. The lowest BCUT2D eigenvalue weighted by atomic mass is 10.0. The molecule has 1 N–H and O–H groups in total. The summed E-state index contributed by atoms with van der Waals surface area (Å²) in [6.45, 7) is 0. The standard InChI is InChI=1S/C16H16Cl2O3/c1-20-11-5-3-4-10(6-11)7-15(19)12-8-14(18)16(21-2)9-13(12)17/h3-6,8-9,15,19H,7H2,1-2H3. The van der Waals surface area contributed by atoms with Gasteiger partial charge in [-0.15, -0.1) is 0 Å². The van der Waals surface area contributed by atoms with Gasteiger partial charge in [0.05, 0.1) is 30.4 Å². The van der Waals surface area contributed by atoms with Crippen molar-refractivity contribution >= 4 is 23.2 Å². The zero-order valence-electron chi connectivity index (χ0n) is 11.8. The maximum Gasteiger partial charge on any atom is 0.138 e. The summed E-state index contributed by atoms with van der Waals surface area (Å²) in [5.74, 6) is 1.23. The molecule has 2 rings (SSSR count). The van der Waals surface area contributed by atoms with E-state index in [1.807, 2.05) is 24.3 Å². The molecule has 0 saturated carbocycles. The first kappa shape index (κ1) is 16.0. The fraction of sp³-hybridized carbons (Fsp3) is 0.250. The minimum absolute atomic E-state index is 0.416. The number of hydrogen-bond donors (Lipinski definition) is 1. The van der Waals surface area contributed by atoms with Gasteiger partial charge < -0.3 is 14.6 Å². The molecule has 0 bridgehead atoms. The highest BCUT2D eigenvalue weighted by Crippen LogP contribution is 2.35. The molecule has 0 aliphatic heterocycles. The Labute approximate surface area is 134 Å². The van der Waals surface area contributed by atoms with Crippen LogP contribution >= 0.6 is 23.2 Å². The normalized spacial score (nSPS) is 12.0. The van der Waals surface area contributed by atoms with Crippen LogP contribution in [0.4, 0.5) is 0 Å². The highest BCUT2D eigenvalue weighted by Gasteiger charge is 2.16. The van der Waals surface area contributed by atoms with Crippen molar-refractivity contribution in [2.75, 3.05) is 14.2 Å². The number of ether oxygens (including phenoxy) is 2. The monoisotopic (exact) mass is 326 g/mol. The van der Waals surface area contributed by atoms with Crippen molar-refractivity contribution in [2.24, 2.45) is 0 Å². The number of aliphatic hydroxyl groups excluding tert-OH is 1. The van der Waals surface area contributed by atoms with Crippen LogP contribution in [-0.2, 0) is 6.42 Å². The molecule has 1 unspecified atom stereocenters. The molecule has 0 heterocycles. The van der Waals surface area contributed by atoms with Gasteiger partial charge in [0.15, 0.2) is 0 Å². The third kappa shape index (κ3) is 3.82. The molecule has 2 aromatic carbocycles. The van der Waals surface area contributed by atoms with Gasteiger partial charge in [-0.1, -0.05) is 35.3 Å². The lowest BCUT2D eigenvalue weighted by Crippen LogP contribution is -2.03. The average Bonchev–Trinajstić information content (AvgIpc) is 2.49. The van der Waals surface area contributed by atoms with E-state index in [9.17, 15) is 5.11 Å². The first-order valence-electron chi connectivity index (χ1n) is 6.39. The molecule has 112 valence electrons. The summed E-state index contributed by atoms with van der Waals surface area (Å²) in [5.41, 5.74) is 1.52. The Bertz CT molecular complexity index is 629. The van der Waals surface area contributed by atoms with E-state index < -0.39 is 6.10 Å². The molecule has 21 heavy (non-hydrogen) atoms. The van der Waals surface area contributed by atoms with E-state index in [2.05, 4.69) is 0 Å². The largest absolute Gasteiger partial charge is 0.497 e. The molecule has 1 atom stereocenters. The van der Waals surface area contributed by atoms with Crippen molar-refractivity contribution in [3.05, 3.63) is 57.6 Å². The van der Waals surface area contributed by atoms with Crippen LogP contribution in [0.25, 0.3) is 0 Å². The van der Waals surface area contributed by atoms with Crippen molar-refractivity contribution in [1.82, 2.24) is 0 Å². The van der Waals surface area contributed by atoms with Crippen molar-refractivity contribution in [3.63, 3.8) is 0 Å². The SMILES string of the molecule is COc1cccc(CC(O)c2cc(Cl)c(OC)cc2Cl)c1. The molecule has 0 saturated heterocycles. The number of hydrogen-bond acceptors (Lipinski definition) is 3. The Morgan fingerprint density at radius 1 is 1.05 bits per heavy atom. The summed E-state index contributed by atoms with van der Waals surface area (Å²) in [6, 6.07) is 10.8. The van der Waals surface area contributed by atoms with Crippen LogP contribution in [0.5, 0.6) is 11.5 Å². The van der Waals surface area contributed by atoms with Gasteiger partial charge in [0.2, 0.25) is 0 Å². The van der Waals surface area contributed by atoms with Gasteiger partial charge in [0.25, 0.3) is 0 Å². The molecule has 0 fully saturated rings. The molecule has 0 radical (unpaired) electrons. The predicted molar refractivity (Wildman–Crippen MR) is 84.7 cm³/mol. The topological polar surface area (TPSA) is 38.7 Å². The van der Waals surface area contributed by atoms with E-state index in [-0.39, 0.29) is 0 Å². The molecule has 0 aliphatic rings. The Kier molecular flexibility index (Phi) is 5.34. The van der Waals surface area contributed by atoms with Gasteiger partial charge in [-0.3, -0.25) is 0 Å². The Morgan fingerprint density at radius 2 is 1.81 bits per heavy atom. The van der Waals surface area contributed by atoms with E-state index in [1.54, 1.807) is 19.2 Å². The van der Waals surface area contributed by atoms with E-state index in [0.29, 0.717) is 27.8 Å². The third-order valence-corrected chi connectivity index (χ3v) is 3.82. The van der Waals surface area contributed by atoms with Crippen LogP contribution in [-0.4, -0.2) is 19.3 Å². The zero-order chi connectivity index (χ0) is 15.4. The second-order valence-electron chi connectivity index (χ2n) is 4.58. The van der Waals surface area contributed by atoms with Crippen LogP contribution in [0.1, 0.15) is 17.2 Å². The van der Waals surface area contributed by atoms with Gasteiger partial charge >= 0.3 is 0 Å². The lowest BCUT2D eigenvalue weighted by Gasteiger charge is -2.15. The van der Waals surface area contributed by atoms with Crippen molar-refractivity contribution in [3.8, 4) is 11.5 Å².